The van der Waals surface area contributed by atoms with Crippen LogP contribution in [0.5, 0.6) is 0 Å². The average molecular weight is 359 g/mol. The molecule has 1 unspecified atom stereocenters. The van der Waals surface area contributed by atoms with Gasteiger partial charge in [0.25, 0.3) is 0 Å². The number of fused-ring (bicyclic) bond motifs is 1. The molecule has 2 aliphatic rings. The van der Waals surface area contributed by atoms with E-state index in [0.717, 1.165) is 36.5 Å². The van der Waals surface area contributed by atoms with Crippen LogP contribution in [0.4, 0.5) is 0 Å². The number of rotatable bonds is 5. The standard InChI is InChI=1S/C27H34/c1-3-4-5-21-7-10-22(11-8-21)23-12-14-24(15-13-23)26-17-16-25-18-20(2)6-9-27(25)19-26/h3,7-8,10-15,20,25-27H,1,4-6,9,16-19H2,2H3/t20?,25-,26-,27-/m1/s1. The normalized spacial score (nSPS) is 27.7. The van der Waals surface area contributed by atoms with Gasteiger partial charge in [0.15, 0.2) is 0 Å². The van der Waals surface area contributed by atoms with Gasteiger partial charge in [-0.15, -0.1) is 6.58 Å². The first-order valence-electron chi connectivity index (χ1n) is 11.0. The summed E-state index contributed by atoms with van der Waals surface area (Å²) in [5.41, 5.74) is 5.63. The number of benzene rings is 2. The SMILES string of the molecule is C=CCCc1ccc(-c2ccc([C@@H]3CC[C@@H]4CC(C)CC[C@@H]4C3)cc2)cc1. The van der Waals surface area contributed by atoms with Gasteiger partial charge in [0.2, 0.25) is 0 Å². The van der Waals surface area contributed by atoms with Crippen molar-refractivity contribution < 1.29 is 0 Å². The number of aryl methyl sites for hydroxylation is 1. The zero-order valence-electron chi connectivity index (χ0n) is 16.9. The highest BCUT2D eigenvalue weighted by Gasteiger charge is 2.34. The van der Waals surface area contributed by atoms with Crippen molar-refractivity contribution >= 4 is 0 Å². The molecule has 4 rings (SSSR count). The molecule has 0 bridgehead atoms. The first-order valence-corrected chi connectivity index (χ1v) is 11.0. The third-order valence-electron chi connectivity index (χ3n) is 7.18. The van der Waals surface area contributed by atoms with Crippen LogP contribution in [0.2, 0.25) is 0 Å². The molecule has 0 N–H and O–H groups in total. The Morgan fingerprint density at radius 3 is 2.15 bits per heavy atom. The molecule has 0 heterocycles. The number of hydrogen-bond donors (Lipinski definition) is 0. The summed E-state index contributed by atoms with van der Waals surface area (Å²) in [5.74, 6) is 3.76. The van der Waals surface area contributed by atoms with Crippen molar-refractivity contribution in [3.63, 3.8) is 0 Å². The van der Waals surface area contributed by atoms with Crippen LogP contribution in [0, 0.1) is 17.8 Å². The van der Waals surface area contributed by atoms with Crippen LogP contribution in [0.3, 0.4) is 0 Å². The highest BCUT2D eigenvalue weighted by atomic mass is 14.4. The lowest BCUT2D eigenvalue weighted by atomic mass is 9.64. The van der Waals surface area contributed by atoms with Crippen molar-refractivity contribution in [2.45, 2.75) is 64.2 Å². The van der Waals surface area contributed by atoms with Crippen LogP contribution in [0.15, 0.2) is 61.2 Å². The van der Waals surface area contributed by atoms with E-state index in [1.807, 2.05) is 6.08 Å². The van der Waals surface area contributed by atoms with Gasteiger partial charge in [-0.2, -0.15) is 0 Å². The minimum atomic E-state index is 0.787. The maximum atomic E-state index is 3.81. The van der Waals surface area contributed by atoms with Crippen LogP contribution in [-0.4, -0.2) is 0 Å². The van der Waals surface area contributed by atoms with E-state index in [-0.39, 0.29) is 0 Å². The second-order valence-corrected chi connectivity index (χ2v) is 9.09. The van der Waals surface area contributed by atoms with Gasteiger partial charge < -0.3 is 0 Å². The third-order valence-corrected chi connectivity index (χ3v) is 7.18. The summed E-state index contributed by atoms with van der Waals surface area (Å²) in [6, 6.07) is 18.5. The van der Waals surface area contributed by atoms with Crippen molar-refractivity contribution in [1.29, 1.82) is 0 Å². The van der Waals surface area contributed by atoms with Crippen molar-refractivity contribution in [3.8, 4) is 11.1 Å². The molecule has 4 atom stereocenters. The van der Waals surface area contributed by atoms with Crippen LogP contribution < -0.4 is 0 Å². The largest absolute Gasteiger partial charge is 0.103 e. The van der Waals surface area contributed by atoms with Crippen molar-refractivity contribution in [1.82, 2.24) is 0 Å². The smallest absolute Gasteiger partial charge is 0.0159 e. The summed E-state index contributed by atoms with van der Waals surface area (Å²) in [5, 5.41) is 0. The molecule has 0 spiro atoms. The fourth-order valence-electron chi connectivity index (χ4n) is 5.51. The maximum absolute atomic E-state index is 3.81. The Hall–Kier alpha value is -1.82. The zero-order valence-corrected chi connectivity index (χ0v) is 16.9. The molecule has 0 amide bonds. The Labute approximate surface area is 165 Å². The predicted octanol–water partition coefficient (Wildman–Crippen LogP) is 7.79. The van der Waals surface area contributed by atoms with E-state index in [2.05, 4.69) is 62.0 Å². The van der Waals surface area contributed by atoms with E-state index in [0.29, 0.717) is 0 Å². The second kappa shape index (κ2) is 8.46. The maximum Gasteiger partial charge on any atom is -0.0159 e. The molecule has 0 aromatic heterocycles. The third kappa shape index (κ3) is 4.37. The zero-order chi connectivity index (χ0) is 18.6. The Kier molecular flexibility index (Phi) is 5.81. The Balaban J connectivity index is 1.41. The van der Waals surface area contributed by atoms with Gasteiger partial charge in [0.1, 0.15) is 0 Å². The molecule has 27 heavy (non-hydrogen) atoms. The molecule has 2 aliphatic carbocycles. The predicted molar refractivity (Wildman–Crippen MR) is 117 cm³/mol. The summed E-state index contributed by atoms with van der Waals surface area (Å²) >= 11 is 0. The highest BCUT2D eigenvalue weighted by molar-refractivity contribution is 5.64. The lowest BCUT2D eigenvalue weighted by Gasteiger charge is -2.41. The van der Waals surface area contributed by atoms with Crippen molar-refractivity contribution in [2.75, 3.05) is 0 Å². The minimum Gasteiger partial charge on any atom is -0.103 e. The first kappa shape index (κ1) is 18.5. The quantitative estimate of drug-likeness (QED) is 0.478. The van der Waals surface area contributed by atoms with Gasteiger partial charge in [-0.05, 0) is 90.9 Å². The van der Waals surface area contributed by atoms with Gasteiger partial charge in [0.05, 0.1) is 0 Å². The summed E-state index contributed by atoms with van der Waals surface area (Å²) in [4.78, 5) is 0. The molecule has 0 radical (unpaired) electrons. The summed E-state index contributed by atoms with van der Waals surface area (Å²) in [7, 11) is 0. The van der Waals surface area contributed by atoms with E-state index in [1.54, 1.807) is 5.56 Å². The summed E-state index contributed by atoms with van der Waals surface area (Å²) in [6.45, 7) is 6.26. The molecule has 0 heteroatoms. The Morgan fingerprint density at radius 2 is 1.44 bits per heavy atom. The molecule has 2 saturated carbocycles. The molecular weight excluding hydrogens is 324 g/mol. The van der Waals surface area contributed by atoms with Gasteiger partial charge in [0, 0.05) is 0 Å². The van der Waals surface area contributed by atoms with E-state index in [4.69, 9.17) is 0 Å². The molecule has 2 aromatic carbocycles. The van der Waals surface area contributed by atoms with E-state index in [1.165, 1.54) is 55.2 Å². The fraction of sp³-hybridized carbons (Fsp3) is 0.481. The van der Waals surface area contributed by atoms with Gasteiger partial charge in [-0.3, -0.25) is 0 Å². The van der Waals surface area contributed by atoms with Crippen LogP contribution in [-0.2, 0) is 6.42 Å². The fourth-order valence-corrected chi connectivity index (χ4v) is 5.51. The van der Waals surface area contributed by atoms with Crippen LogP contribution in [0.25, 0.3) is 11.1 Å². The van der Waals surface area contributed by atoms with Crippen LogP contribution in [0.1, 0.15) is 68.9 Å². The van der Waals surface area contributed by atoms with Gasteiger partial charge >= 0.3 is 0 Å². The monoisotopic (exact) mass is 358 g/mol. The highest BCUT2D eigenvalue weighted by Crippen LogP contribution is 2.47. The van der Waals surface area contributed by atoms with Gasteiger partial charge in [-0.1, -0.05) is 68.0 Å². The second-order valence-electron chi connectivity index (χ2n) is 9.09. The number of allylic oxidation sites excluding steroid dienone is 1. The first-order chi connectivity index (χ1) is 13.2. The molecule has 0 nitrogen and oxygen atoms in total. The molecular formula is C27H34. The minimum absolute atomic E-state index is 0.787. The Bertz CT molecular complexity index is 737. The van der Waals surface area contributed by atoms with E-state index >= 15 is 0 Å². The average Bonchev–Trinajstić information content (AvgIpc) is 2.72. The van der Waals surface area contributed by atoms with Crippen molar-refractivity contribution in [3.05, 3.63) is 72.3 Å². The Morgan fingerprint density at radius 1 is 0.815 bits per heavy atom. The molecule has 0 aliphatic heterocycles. The molecule has 142 valence electrons. The number of hydrogen-bond acceptors (Lipinski definition) is 0. The summed E-state index contributed by atoms with van der Waals surface area (Å²) in [6.07, 6.45) is 12.8. The lowest BCUT2D eigenvalue weighted by Crippen LogP contribution is -2.29. The molecule has 2 aromatic rings. The molecule has 2 fully saturated rings. The van der Waals surface area contributed by atoms with E-state index in [9.17, 15) is 0 Å². The van der Waals surface area contributed by atoms with Gasteiger partial charge in [-0.25, -0.2) is 0 Å². The topological polar surface area (TPSA) is 0 Å². The van der Waals surface area contributed by atoms with Crippen molar-refractivity contribution in [2.24, 2.45) is 17.8 Å². The molecule has 0 saturated heterocycles. The van der Waals surface area contributed by atoms with E-state index < -0.39 is 0 Å². The van der Waals surface area contributed by atoms with Crippen LogP contribution >= 0.6 is 0 Å². The lowest BCUT2D eigenvalue weighted by molar-refractivity contribution is 0.124. The summed E-state index contributed by atoms with van der Waals surface area (Å²) < 4.78 is 0.